The van der Waals surface area contributed by atoms with Crippen molar-refractivity contribution in [3.63, 3.8) is 0 Å². The van der Waals surface area contributed by atoms with Crippen molar-refractivity contribution in [1.29, 1.82) is 0 Å². The highest BCUT2D eigenvalue weighted by Crippen LogP contribution is 2.33. The quantitative estimate of drug-likeness (QED) is 0.0799. The number of esters is 2. The molecule has 3 aromatic rings. The first-order chi connectivity index (χ1) is 19.8. The van der Waals surface area contributed by atoms with Gasteiger partial charge in [-0.3, -0.25) is 0 Å². The number of anilines is 2. The van der Waals surface area contributed by atoms with Gasteiger partial charge in [0.1, 0.15) is 24.7 Å². The molecule has 0 aliphatic carbocycles. The molecule has 0 aromatic heterocycles. The third-order valence-electron chi connectivity index (χ3n) is 5.38. The molecule has 3 aromatic carbocycles. The number of benzene rings is 3. The van der Waals surface area contributed by atoms with Crippen molar-refractivity contribution in [2.75, 3.05) is 31.3 Å². The normalized spacial score (nSPS) is 11.7. The second-order valence-corrected chi connectivity index (χ2v) is 8.80. The minimum absolute atomic E-state index is 0.149. The summed E-state index contributed by atoms with van der Waals surface area (Å²) in [6, 6.07) is 14.2. The fourth-order valence-electron chi connectivity index (χ4n) is 3.43. The van der Waals surface area contributed by atoms with Crippen LogP contribution in [-0.4, -0.2) is 37.9 Å². The van der Waals surface area contributed by atoms with Crippen molar-refractivity contribution >= 4 is 29.4 Å². The number of hydrogen-bond acceptors (Lipinski definition) is 8. The lowest BCUT2D eigenvalue weighted by atomic mass is 10.2. The van der Waals surface area contributed by atoms with Crippen LogP contribution in [0.5, 0.6) is 11.5 Å². The van der Waals surface area contributed by atoms with E-state index in [0.717, 1.165) is 18.2 Å². The standard InChI is InChI=1S/C29H27F5N2O6/c30-28(31,32)12-1-13-39-24-9-5-21(6-10-24)29(33,34)42-25-7-2-19(3-8-25)4-11-26(37)40-14-15-41-27(38)20-16-22(35)18-23(36)17-20/h2-11,16-18H,1,12-15,35-36H2. The molecule has 4 N–H and O–H groups in total. The van der Waals surface area contributed by atoms with Gasteiger partial charge >= 0.3 is 24.2 Å². The Kier molecular flexibility index (Phi) is 10.7. The fourth-order valence-corrected chi connectivity index (χ4v) is 3.43. The number of carbonyl (C=O) groups excluding carboxylic acids is 2. The molecule has 13 heteroatoms. The second kappa shape index (κ2) is 14.2. The van der Waals surface area contributed by atoms with E-state index in [2.05, 4.69) is 0 Å². The minimum Gasteiger partial charge on any atom is -0.494 e. The van der Waals surface area contributed by atoms with Crippen LogP contribution in [0.25, 0.3) is 6.08 Å². The average Bonchev–Trinajstić information content (AvgIpc) is 2.92. The second-order valence-electron chi connectivity index (χ2n) is 8.80. The fraction of sp³-hybridized carbons (Fsp3) is 0.241. The highest BCUT2D eigenvalue weighted by Gasteiger charge is 2.34. The van der Waals surface area contributed by atoms with E-state index in [-0.39, 0.29) is 43.3 Å². The average molecular weight is 595 g/mol. The van der Waals surface area contributed by atoms with Crippen molar-refractivity contribution in [2.45, 2.75) is 25.1 Å². The lowest BCUT2D eigenvalue weighted by molar-refractivity contribution is -0.185. The number of nitrogens with two attached hydrogens (primary N) is 2. The summed E-state index contributed by atoms with van der Waals surface area (Å²) in [6.45, 7) is -0.619. The molecule has 0 fully saturated rings. The Balaban J connectivity index is 1.42. The smallest absolute Gasteiger partial charge is 0.426 e. The molecular formula is C29H27F5N2O6. The molecule has 0 atom stereocenters. The van der Waals surface area contributed by atoms with Crippen LogP contribution in [0.1, 0.15) is 34.3 Å². The van der Waals surface area contributed by atoms with Crippen LogP contribution in [-0.2, 0) is 20.4 Å². The van der Waals surface area contributed by atoms with E-state index >= 15 is 0 Å². The van der Waals surface area contributed by atoms with Crippen LogP contribution in [0.15, 0.2) is 72.8 Å². The zero-order chi connectivity index (χ0) is 30.8. The van der Waals surface area contributed by atoms with E-state index in [4.69, 9.17) is 30.4 Å². The monoisotopic (exact) mass is 594 g/mol. The molecule has 0 saturated heterocycles. The van der Waals surface area contributed by atoms with Gasteiger partial charge in [-0.25, -0.2) is 9.59 Å². The summed E-state index contributed by atoms with van der Waals surface area (Å²) in [6.07, 6.45) is -6.76. The lowest BCUT2D eigenvalue weighted by Crippen LogP contribution is -2.21. The molecular weight excluding hydrogens is 567 g/mol. The Labute approximate surface area is 237 Å². The number of hydrogen-bond donors (Lipinski definition) is 2. The van der Waals surface area contributed by atoms with Gasteiger partial charge in [0.2, 0.25) is 0 Å². The highest BCUT2D eigenvalue weighted by atomic mass is 19.4. The van der Waals surface area contributed by atoms with Crippen molar-refractivity contribution in [3.8, 4) is 11.5 Å². The van der Waals surface area contributed by atoms with Gasteiger partial charge in [-0.1, -0.05) is 12.1 Å². The van der Waals surface area contributed by atoms with Crippen molar-refractivity contribution in [3.05, 3.63) is 89.5 Å². The first-order valence-corrected chi connectivity index (χ1v) is 12.5. The van der Waals surface area contributed by atoms with E-state index in [0.29, 0.717) is 16.9 Å². The van der Waals surface area contributed by atoms with Crippen LogP contribution in [0.3, 0.4) is 0 Å². The highest BCUT2D eigenvalue weighted by molar-refractivity contribution is 5.91. The summed E-state index contributed by atoms with van der Waals surface area (Å²) >= 11 is 0. The SMILES string of the molecule is Nc1cc(N)cc(C(=O)OCCOC(=O)C=Cc2ccc(OC(F)(F)c3ccc(OCCCC(F)(F)F)cc3)cc2)c1. The molecule has 0 aliphatic heterocycles. The molecule has 0 spiro atoms. The van der Waals surface area contributed by atoms with Crippen LogP contribution < -0.4 is 20.9 Å². The molecule has 0 radical (unpaired) electrons. The maximum absolute atomic E-state index is 14.6. The third kappa shape index (κ3) is 10.6. The number of rotatable bonds is 13. The van der Waals surface area contributed by atoms with E-state index in [1.54, 1.807) is 0 Å². The van der Waals surface area contributed by atoms with E-state index in [1.807, 2.05) is 0 Å². The Bertz CT molecular complexity index is 1360. The van der Waals surface area contributed by atoms with Crippen LogP contribution in [0, 0.1) is 0 Å². The van der Waals surface area contributed by atoms with E-state index in [1.165, 1.54) is 60.7 Å². The summed E-state index contributed by atoms with van der Waals surface area (Å²) in [4.78, 5) is 23.9. The van der Waals surface area contributed by atoms with Gasteiger partial charge in [0.05, 0.1) is 17.7 Å². The molecule has 42 heavy (non-hydrogen) atoms. The summed E-state index contributed by atoms with van der Waals surface area (Å²) in [5.41, 5.74) is 12.0. The topological polar surface area (TPSA) is 123 Å². The van der Waals surface area contributed by atoms with Crippen LogP contribution in [0.2, 0.25) is 0 Å². The summed E-state index contributed by atoms with van der Waals surface area (Å²) < 4.78 is 85.6. The Hall–Kier alpha value is -4.81. The number of carbonyl (C=O) groups is 2. The number of ether oxygens (including phenoxy) is 4. The minimum atomic E-state index is -4.29. The molecule has 0 amide bonds. The van der Waals surface area contributed by atoms with Crippen molar-refractivity contribution in [2.24, 2.45) is 0 Å². The molecule has 0 bridgehead atoms. The van der Waals surface area contributed by atoms with Gasteiger partial charge in [-0.2, -0.15) is 22.0 Å². The Morgan fingerprint density at radius 3 is 1.98 bits per heavy atom. The van der Waals surface area contributed by atoms with Gasteiger partial charge in [0.15, 0.2) is 0 Å². The van der Waals surface area contributed by atoms with Gasteiger partial charge in [-0.15, -0.1) is 0 Å². The third-order valence-corrected chi connectivity index (χ3v) is 5.38. The van der Waals surface area contributed by atoms with Crippen LogP contribution in [0.4, 0.5) is 33.3 Å². The largest absolute Gasteiger partial charge is 0.494 e. The number of nitrogen functional groups attached to an aromatic ring is 2. The Morgan fingerprint density at radius 2 is 1.36 bits per heavy atom. The summed E-state index contributed by atoms with van der Waals surface area (Å²) in [7, 11) is 0. The van der Waals surface area contributed by atoms with E-state index < -0.39 is 36.2 Å². The molecule has 0 heterocycles. The first-order valence-electron chi connectivity index (χ1n) is 12.5. The number of halogens is 5. The van der Waals surface area contributed by atoms with Gasteiger partial charge < -0.3 is 30.4 Å². The lowest BCUT2D eigenvalue weighted by Gasteiger charge is -2.18. The maximum atomic E-state index is 14.6. The molecule has 8 nitrogen and oxygen atoms in total. The summed E-state index contributed by atoms with van der Waals surface area (Å²) in [5, 5.41) is 0. The molecule has 0 saturated carbocycles. The first kappa shape index (κ1) is 31.7. The molecule has 0 unspecified atom stereocenters. The van der Waals surface area contributed by atoms with Crippen molar-refractivity contribution in [1.82, 2.24) is 0 Å². The van der Waals surface area contributed by atoms with Gasteiger partial charge in [0.25, 0.3) is 0 Å². The van der Waals surface area contributed by atoms with Crippen molar-refractivity contribution < 1.29 is 50.5 Å². The predicted molar refractivity (Wildman–Crippen MR) is 144 cm³/mol. The summed E-state index contributed by atoms with van der Waals surface area (Å²) in [5.74, 6) is -1.41. The van der Waals surface area contributed by atoms with E-state index in [9.17, 15) is 31.5 Å². The van der Waals surface area contributed by atoms with Gasteiger partial charge in [-0.05, 0) is 72.7 Å². The molecule has 0 aliphatic rings. The van der Waals surface area contributed by atoms with Crippen LogP contribution >= 0.6 is 0 Å². The zero-order valence-corrected chi connectivity index (χ0v) is 22.0. The number of alkyl halides is 5. The molecule has 3 rings (SSSR count). The Morgan fingerprint density at radius 1 is 0.762 bits per heavy atom. The van der Waals surface area contributed by atoms with Gasteiger partial charge in [0, 0.05) is 23.9 Å². The zero-order valence-electron chi connectivity index (χ0n) is 22.0. The predicted octanol–water partition coefficient (Wildman–Crippen LogP) is 6.11. The molecule has 224 valence electrons. The maximum Gasteiger partial charge on any atom is 0.426 e.